The van der Waals surface area contributed by atoms with Gasteiger partial charge in [0.15, 0.2) is 0 Å². The van der Waals surface area contributed by atoms with E-state index >= 15 is 0 Å². The van der Waals surface area contributed by atoms with Crippen molar-refractivity contribution in [3.8, 4) is 0 Å². The van der Waals surface area contributed by atoms with Crippen molar-refractivity contribution in [2.24, 2.45) is 0 Å². The van der Waals surface area contributed by atoms with E-state index in [-0.39, 0.29) is 11.4 Å². The van der Waals surface area contributed by atoms with E-state index in [0.29, 0.717) is 6.42 Å². The topological polar surface area (TPSA) is 66.4 Å². The minimum atomic E-state index is -0.943. The van der Waals surface area contributed by atoms with Crippen LogP contribution in [0.5, 0.6) is 0 Å². The Balaban J connectivity index is 2.48. The predicted octanol–water partition coefficient (Wildman–Crippen LogP) is 2.36. The van der Waals surface area contributed by atoms with Crippen LogP contribution in [0.2, 0.25) is 0 Å². The Hall–Kier alpha value is -1.56. The smallest absolute Gasteiger partial charge is 0.316 e. The van der Waals surface area contributed by atoms with Crippen LogP contribution in [0.3, 0.4) is 0 Å². The number of rotatable bonds is 6. The van der Waals surface area contributed by atoms with E-state index in [4.69, 9.17) is 5.11 Å². The van der Waals surface area contributed by atoms with Crippen molar-refractivity contribution >= 4 is 29.3 Å². The van der Waals surface area contributed by atoms with Crippen LogP contribution in [0.25, 0.3) is 0 Å². The molecule has 0 aliphatic rings. The molecule has 0 saturated heterocycles. The van der Waals surface area contributed by atoms with E-state index in [2.05, 4.69) is 5.32 Å². The first-order chi connectivity index (χ1) is 8.54. The fourth-order valence-electron chi connectivity index (χ4n) is 1.29. The Kier molecular flexibility index (Phi) is 5.64. The highest BCUT2D eigenvalue weighted by molar-refractivity contribution is 8.01. The molecule has 0 bridgehead atoms. The molecule has 18 heavy (non-hydrogen) atoms. The van der Waals surface area contributed by atoms with Gasteiger partial charge in [-0.1, -0.05) is 19.1 Å². The fraction of sp³-hybridized carbons (Fsp3) is 0.333. The van der Waals surface area contributed by atoms with Gasteiger partial charge in [-0.25, -0.2) is 4.39 Å². The lowest BCUT2D eigenvalue weighted by Gasteiger charge is -2.09. The van der Waals surface area contributed by atoms with E-state index in [9.17, 15) is 14.0 Å². The number of aliphatic carboxylic acids is 1. The number of hydrogen-bond acceptors (Lipinski definition) is 3. The summed E-state index contributed by atoms with van der Waals surface area (Å²) in [6.45, 7) is 1.74. The highest BCUT2D eigenvalue weighted by Crippen LogP contribution is 2.16. The monoisotopic (exact) mass is 271 g/mol. The summed E-state index contributed by atoms with van der Waals surface area (Å²) in [5.74, 6) is -1.88. The number of anilines is 1. The molecule has 0 radical (unpaired) electrons. The van der Waals surface area contributed by atoms with Crippen molar-refractivity contribution in [1.29, 1.82) is 0 Å². The molecule has 0 spiro atoms. The van der Waals surface area contributed by atoms with Gasteiger partial charge in [0.2, 0.25) is 5.91 Å². The number of benzene rings is 1. The van der Waals surface area contributed by atoms with Crippen molar-refractivity contribution < 1.29 is 19.1 Å². The Labute approximate surface area is 109 Å². The first-order valence-corrected chi connectivity index (χ1v) is 6.48. The number of amides is 1. The molecule has 6 heteroatoms. The average molecular weight is 271 g/mol. The van der Waals surface area contributed by atoms with E-state index < -0.39 is 22.9 Å². The van der Waals surface area contributed by atoms with Crippen LogP contribution in [-0.2, 0) is 9.59 Å². The van der Waals surface area contributed by atoms with Crippen LogP contribution in [0.15, 0.2) is 24.3 Å². The SMILES string of the molecule is CCC(SCC(=O)Nc1ccccc1F)C(=O)O. The van der Waals surface area contributed by atoms with Crippen LogP contribution in [0, 0.1) is 5.82 Å². The summed E-state index contributed by atoms with van der Waals surface area (Å²) in [5, 5.41) is 10.6. The van der Waals surface area contributed by atoms with Crippen LogP contribution in [0.4, 0.5) is 10.1 Å². The number of para-hydroxylation sites is 1. The number of hydrogen-bond donors (Lipinski definition) is 2. The lowest BCUT2D eigenvalue weighted by molar-refractivity contribution is -0.136. The van der Waals surface area contributed by atoms with Crippen molar-refractivity contribution in [2.45, 2.75) is 18.6 Å². The first-order valence-electron chi connectivity index (χ1n) is 5.43. The molecule has 1 aromatic rings. The first kappa shape index (κ1) is 14.5. The van der Waals surface area contributed by atoms with E-state index in [1.807, 2.05) is 0 Å². The molecule has 0 aliphatic heterocycles. The Morgan fingerprint density at radius 1 is 1.44 bits per heavy atom. The summed E-state index contributed by atoms with van der Waals surface area (Å²) < 4.78 is 13.2. The summed E-state index contributed by atoms with van der Waals surface area (Å²) in [5.41, 5.74) is 0.103. The van der Waals surface area contributed by atoms with Crippen LogP contribution >= 0.6 is 11.8 Å². The van der Waals surface area contributed by atoms with Gasteiger partial charge in [-0.2, -0.15) is 0 Å². The second kappa shape index (κ2) is 7.00. The Bertz CT molecular complexity index is 439. The number of halogens is 1. The van der Waals surface area contributed by atoms with Crippen molar-refractivity contribution in [3.63, 3.8) is 0 Å². The summed E-state index contributed by atoms with van der Waals surface area (Å²) in [4.78, 5) is 22.3. The van der Waals surface area contributed by atoms with Gasteiger partial charge in [0, 0.05) is 0 Å². The zero-order chi connectivity index (χ0) is 13.5. The highest BCUT2D eigenvalue weighted by atomic mass is 32.2. The molecule has 1 amide bonds. The van der Waals surface area contributed by atoms with Gasteiger partial charge in [0.25, 0.3) is 0 Å². The number of thioether (sulfide) groups is 1. The molecule has 2 N–H and O–H groups in total. The minimum absolute atomic E-state index is 0.0147. The summed E-state index contributed by atoms with van der Waals surface area (Å²) in [6, 6.07) is 5.83. The number of carbonyl (C=O) groups excluding carboxylic acids is 1. The van der Waals surface area contributed by atoms with Gasteiger partial charge in [0.1, 0.15) is 11.1 Å². The molecule has 0 saturated carbocycles. The molecule has 1 aromatic carbocycles. The molecular formula is C12H14FNO3S. The molecule has 4 nitrogen and oxygen atoms in total. The molecule has 1 atom stereocenters. The predicted molar refractivity (Wildman–Crippen MR) is 69.2 cm³/mol. The number of carboxylic acid groups (broad SMARTS) is 1. The Morgan fingerprint density at radius 2 is 2.11 bits per heavy atom. The van der Waals surface area contributed by atoms with Crippen LogP contribution in [0.1, 0.15) is 13.3 Å². The standard InChI is InChI=1S/C12H14FNO3S/c1-2-10(12(16)17)18-7-11(15)14-9-6-4-3-5-8(9)13/h3-6,10H,2,7H2,1H3,(H,14,15)(H,16,17). The van der Waals surface area contributed by atoms with Gasteiger partial charge < -0.3 is 10.4 Å². The summed E-state index contributed by atoms with van der Waals surface area (Å²) >= 11 is 1.03. The molecule has 0 heterocycles. The molecule has 98 valence electrons. The van der Waals surface area contributed by atoms with Gasteiger partial charge in [-0.15, -0.1) is 11.8 Å². The molecule has 0 aromatic heterocycles. The van der Waals surface area contributed by atoms with Crippen molar-refractivity contribution in [2.75, 3.05) is 11.1 Å². The largest absolute Gasteiger partial charge is 0.480 e. The second-order valence-electron chi connectivity index (χ2n) is 3.57. The lowest BCUT2D eigenvalue weighted by Crippen LogP contribution is -2.21. The maximum Gasteiger partial charge on any atom is 0.316 e. The lowest BCUT2D eigenvalue weighted by atomic mass is 10.3. The zero-order valence-corrected chi connectivity index (χ0v) is 10.7. The molecule has 1 unspecified atom stereocenters. The third-order valence-electron chi connectivity index (χ3n) is 2.21. The molecular weight excluding hydrogens is 257 g/mol. The summed E-state index contributed by atoms with van der Waals surface area (Å²) in [6.07, 6.45) is 0.437. The normalized spacial score (nSPS) is 11.9. The van der Waals surface area contributed by atoms with E-state index in [0.717, 1.165) is 11.8 Å². The van der Waals surface area contributed by atoms with Crippen LogP contribution in [-0.4, -0.2) is 28.0 Å². The quantitative estimate of drug-likeness (QED) is 0.833. The minimum Gasteiger partial charge on any atom is -0.480 e. The highest BCUT2D eigenvalue weighted by Gasteiger charge is 2.17. The molecule has 0 fully saturated rings. The Morgan fingerprint density at radius 3 is 2.67 bits per heavy atom. The molecule has 1 rings (SSSR count). The van der Waals surface area contributed by atoms with Gasteiger partial charge in [-0.3, -0.25) is 9.59 Å². The third kappa shape index (κ3) is 4.37. The number of nitrogens with one attached hydrogen (secondary N) is 1. The van der Waals surface area contributed by atoms with Crippen molar-refractivity contribution in [1.82, 2.24) is 0 Å². The van der Waals surface area contributed by atoms with Gasteiger partial charge in [-0.05, 0) is 18.6 Å². The maximum absolute atomic E-state index is 13.2. The van der Waals surface area contributed by atoms with Gasteiger partial charge in [0.05, 0.1) is 11.4 Å². The number of carboxylic acids is 1. The maximum atomic E-state index is 13.2. The zero-order valence-electron chi connectivity index (χ0n) is 9.85. The third-order valence-corrected chi connectivity index (χ3v) is 3.58. The second-order valence-corrected chi connectivity index (χ2v) is 4.77. The average Bonchev–Trinajstić information content (AvgIpc) is 2.32. The fourth-order valence-corrected chi connectivity index (χ4v) is 2.09. The van der Waals surface area contributed by atoms with E-state index in [1.54, 1.807) is 13.0 Å². The number of carbonyl (C=O) groups is 2. The van der Waals surface area contributed by atoms with E-state index in [1.165, 1.54) is 18.2 Å². The van der Waals surface area contributed by atoms with Crippen LogP contribution < -0.4 is 5.32 Å². The summed E-state index contributed by atoms with van der Waals surface area (Å²) in [7, 11) is 0. The molecule has 0 aliphatic carbocycles. The van der Waals surface area contributed by atoms with Gasteiger partial charge >= 0.3 is 5.97 Å². The van der Waals surface area contributed by atoms with Crippen molar-refractivity contribution in [3.05, 3.63) is 30.1 Å².